The molecular weight excluding hydrogens is 382 g/mol. The van der Waals surface area contributed by atoms with Gasteiger partial charge in [-0.15, -0.1) is 0 Å². The third kappa shape index (κ3) is 4.33. The number of β-amino-alcohol motifs (C(OH)–C–C–N with tert-alkyl or cyclic N) is 1. The fourth-order valence-electron chi connectivity index (χ4n) is 2.76. The first-order chi connectivity index (χ1) is 13.2. The van der Waals surface area contributed by atoms with E-state index in [2.05, 4.69) is 10.3 Å². The van der Waals surface area contributed by atoms with Crippen LogP contribution in [0.1, 0.15) is 16.1 Å². The van der Waals surface area contributed by atoms with Crippen LogP contribution in [0.4, 0.5) is 23.2 Å². The lowest BCUT2D eigenvalue weighted by atomic mass is 10.2. The molecule has 0 radical (unpaired) electrons. The summed E-state index contributed by atoms with van der Waals surface area (Å²) in [6.07, 6.45) is -7.40. The molecule has 1 aromatic heterocycles. The minimum atomic E-state index is -4.65. The highest BCUT2D eigenvalue weighted by Crippen LogP contribution is 2.33. The number of amides is 1. The molecular formula is C18H17F4N3O3. The highest BCUT2D eigenvalue weighted by molar-refractivity contribution is 5.94. The van der Waals surface area contributed by atoms with Crippen LogP contribution in [0.2, 0.25) is 0 Å². The van der Waals surface area contributed by atoms with Crippen molar-refractivity contribution in [2.75, 3.05) is 25.5 Å². The van der Waals surface area contributed by atoms with Gasteiger partial charge in [0.15, 0.2) is 5.69 Å². The Morgan fingerprint density at radius 3 is 2.64 bits per heavy atom. The number of rotatable bonds is 4. The zero-order chi connectivity index (χ0) is 20.5. The number of carbonyl (C=O) groups excluding carboxylic acids is 1. The predicted octanol–water partition coefficient (Wildman–Crippen LogP) is 3.09. The van der Waals surface area contributed by atoms with Crippen LogP contribution in [0.25, 0.3) is 0 Å². The van der Waals surface area contributed by atoms with E-state index in [1.807, 2.05) is 0 Å². The van der Waals surface area contributed by atoms with E-state index in [0.29, 0.717) is 0 Å². The molecule has 0 saturated carbocycles. The molecule has 2 heterocycles. The summed E-state index contributed by atoms with van der Waals surface area (Å²) in [7, 11) is 1.46. The molecule has 1 fully saturated rings. The van der Waals surface area contributed by atoms with Crippen molar-refractivity contribution in [1.82, 2.24) is 9.88 Å². The SMILES string of the molecule is CNc1cc(Oc2cccc(C(=O)N3C[C@@H](O)[C@H](F)C3)c2)nc(C(F)(F)F)c1. The number of likely N-dealkylation sites (tertiary alicyclic amines) is 1. The average Bonchev–Trinajstić information content (AvgIpc) is 2.99. The van der Waals surface area contributed by atoms with Crippen LogP contribution >= 0.6 is 0 Å². The van der Waals surface area contributed by atoms with Crippen LogP contribution in [0.15, 0.2) is 36.4 Å². The van der Waals surface area contributed by atoms with Crippen molar-refractivity contribution in [2.45, 2.75) is 18.5 Å². The Bertz CT molecular complexity index is 865. The lowest BCUT2D eigenvalue weighted by molar-refractivity contribution is -0.141. The smallest absolute Gasteiger partial charge is 0.433 e. The van der Waals surface area contributed by atoms with E-state index in [1.54, 1.807) is 0 Å². The Balaban J connectivity index is 1.83. The first kappa shape index (κ1) is 19.9. The molecule has 6 nitrogen and oxygen atoms in total. The van der Waals surface area contributed by atoms with Crippen LogP contribution < -0.4 is 10.1 Å². The van der Waals surface area contributed by atoms with Gasteiger partial charge in [-0.25, -0.2) is 9.37 Å². The molecule has 10 heteroatoms. The topological polar surface area (TPSA) is 74.7 Å². The Labute approximate surface area is 157 Å². The first-order valence-electron chi connectivity index (χ1n) is 8.33. The van der Waals surface area contributed by atoms with Gasteiger partial charge in [-0.05, 0) is 24.3 Å². The van der Waals surface area contributed by atoms with Crippen molar-refractivity contribution in [2.24, 2.45) is 0 Å². The summed E-state index contributed by atoms with van der Waals surface area (Å²) >= 11 is 0. The number of halogens is 4. The van der Waals surface area contributed by atoms with Gasteiger partial charge < -0.3 is 20.1 Å². The second-order valence-corrected chi connectivity index (χ2v) is 6.25. The van der Waals surface area contributed by atoms with Crippen molar-refractivity contribution in [3.63, 3.8) is 0 Å². The minimum Gasteiger partial charge on any atom is -0.439 e. The average molecular weight is 399 g/mol. The largest absolute Gasteiger partial charge is 0.439 e. The molecule has 1 amide bonds. The van der Waals surface area contributed by atoms with E-state index in [0.717, 1.165) is 11.0 Å². The van der Waals surface area contributed by atoms with Gasteiger partial charge in [-0.1, -0.05) is 6.07 Å². The number of hydrogen-bond donors (Lipinski definition) is 2. The molecule has 0 unspecified atom stereocenters. The summed E-state index contributed by atoms with van der Waals surface area (Å²) in [6.45, 7) is -0.363. The van der Waals surface area contributed by atoms with Gasteiger partial charge >= 0.3 is 6.18 Å². The van der Waals surface area contributed by atoms with E-state index >= 15 is 0 Å². The molecule has 3 rings (SSSR count). The number of nitrogens with zero attached hydrogens (tertiary/aromatic N) is 2. The number of pyridine rings is 1. The summed E-state index contributed by atoms with van der Waals surface area (Å²) < 4.78 is 57.8. The molecule has 2 N–H and O–H groups in total. The third-order valence-corrected chi connectivity index (χ3v) is 4.19. The molecule has 0 bridgehead atoms. The zero-order valence-electron chi connectivity index (χ0n) is 14.7. The maximum absolute atomic E-state index is 13.4. The first-order valence-corrected chi connectivity index (χ1v) is 8.33. The van der Waals surface area contributed by atoms with Crippen molar-refractivity contribution < 1.29 is 32.2 Å². The van der Waals surface area contributed by atoms with E-state index in [9.17, 15) is 27.5 Å². The van der Waals surface area contributed by atoms with Gasteiger partial charge in [0, 0.05) is 30.9 Å². The van der Waals surface area contributed by atoms with Crippen LogP contribution in [-0.2, 0) is 6.18 Å². The van der Waals surface area contributed by atoms with E-state index in [-0.39, 0.29) is 36.0 Å². The molecule has 28 heavy (non-hydrogen) atoms. The number of benzene rings is 1. The summed E-state index contributed by atoms with van der Waals surface area (Å²) in [4.78, 5) is 17.1. The van der Waals surface area contributed by atoms with Crippen molar-refractivity contribution >= 4 is 11.6 Å². The van der Waals surface area contributed by atoms with Crippen molar-refractivity contribution in [3.8, 4) is 11.6 Å². The second kappa shape index (κ2) is 7.63. The number of carbonyl (C=O) groups is 1. The fraction of sp³-hybridized carbons (Fsp3) is 0.333. The molecule has 0 spiro atoms. The lowest BCUT2D eigenvalue weighted by Crippen LogP contribution is -2.29. The molecule has 1 aliphatic rings. The molecule has 150 valence electrons. The van der Waals surface area contributed by atoms with E-state index in [1.165, 1.54) is 37.4 Å². The summed E-state index contributed by atoms with van der Waals surface area (Å²) in [5.41, 5.74) is -0.814. The third-order valence-electron chi connectivity index (χ3n) is 4.19. The number of hydrogen-bond acceptors (Lipinski definition) is 5. The molecule has 2 atom stereocenters. The monoisotopic (exact) mass is 399 g/mol. The molecule has 1 aliphatic heterocycles. The Morgan fingerprint density at radius 2 is 2.04 bits per heavy atom. The lowest BCUT2D eigenvalue weighted by Gasteiger charge is -2.16. The standard InChI is InChI=1S/C18H17F4N3O3/c1-23-11-6-15(18(20,21)22)24-16(7-11)28-12-4-2-3-10(5-12)17(27)25-8-13(19)14(26)9-25/h2-7,13-14,26H,8-9H2,1H3,(H,23,24)/t13-,14-/m1/s1. The number of alkyl halides is 4. The van der Waals surface area contributed by atoms with Gasteiger partial charge in [-0.3, -0.25) is 4.79 Å². The van der Waals surface area contributed by atoms with Crippen LogP contribution in [-0.4, -0.2) is 53.3 Å². The van der Waals surface area contributed by atoms with Crippen LogP contribution in [0, 0.1) is 0 Å². The number of nitrogens with one attached hydrogen (secondary N) is 1. The maximum Gasteiger partial charge on any atom is 0.433 e. The van der Waals surface area contributed by atoms with Crippen molar-refractivity contribution in [1.29, 1.82) is 0 Å². The summed E-state index contributed by atoms with van der Waals surface area (Å²) in [6, 6.07) is 7.85. The second-order valence-electron chi connectivity index (χ2n) is 6.25. The number of aromatic nitrogens is 1. The highest BCUT2D eigenvalue weighted by atomic mass is 19.4. The Kier molecular flexibility index (Phi) is 5.41. The van der Waals surface area contributed by atoms with Crippen LogP contribution in [0.5, 0.6) is 11.6 Å². The number of anilines is 1. The molecule has 1 saturated heterocycles. The quantitative estimate of drug-likeness (QED) is 0.773. The molecule has 0 aliphatic carbocycles. The van der Waals surface area contributed by atoms with E-state index < -0.39 is 30.1 Å². The fourth-order valence-corrected chi connectivity index (χ4v) is 2.76. The van der Waals surface area contributed by atoms with Gasteiger partial charge in [0.05, 0.1) is 6.54 Å². The normalized spacial score (nSPS) is 19.6. The number of aliphatic hydroxyl groups is 1. The van der Waals surface area contributed by atoms with Gasteiger partial charge in [0.1, 0.15) is 18.0 Å². The van der Waals surface area contributed by atoms with Gasteiger partial charge in [-0.2, -0.15) is 13.2 Å². The predicted molar refractivity (Wildman–Crippen MR) is 92.1 cm³/mol. The molecule has 1 aromatic carbocycles. The summed E-state index contributed by atoms with van der Waals surface area (Å²) in [5.74, 6) is -0.724. The van der Waals surface area contributed by atoms with Gasteiger partial charge in [0.2, 0.25) is 5.88 Å². The Morgan fingerprint density at radius 1 is 1.29 bits per heavy atom. The number of ether oxygens (including phenoxy) is 1. The van der Waals surface area contributed by atoms with Crippen molar-refractivity contribution in [3.05, 3.63) is 47.7 Å². The highest BCUT2D eigenvalue weighted by Gasteiger charge is 2.35. The Hall–Kier alpha value is -2.88. The maximum atomic E-state index is 13.4. The molecule has 2 aromatic rings. The summed E-state index contributed by atoms with van der Waals surface area (Å²) in [5, 5.41) is 12.1. The minimum absolute atomic E-state index is 0.0938. The van der Waals surface area contributed by atoms with E-state index in [4.69, 9.17) is 4.74 Å². The van der Waals surface area contributed by atoms with Crippen LogP contribution in [0.3, 0.4) is 0 Å². The zero-order valence-corrected chi connectivity index (χ0v) is 14.7. The van der Waals surface area contributed by atoms with Gasteiger partial charge in [0.25, 0.3) is 5.91 Å². The number of aliphatic hydroxyl groups excluding tert-OH is 1.